The van der Waals surface area contributed by atoms with Crippen molar-refractivity contribution in [1.29, 1.82) is 0 Å². The first-order valence-corrected chi connectivity index (χ1v) is 11.3. The van der Waals surface area contributed by atoms with Crippen LogP contribution >= 0.6 is 11.6 Å². The minimum atomic E-state index is -3.55. The Morgan fingerprint density at radius 1 is 1.28 bits per heavy atom. The third kappa shape index (κ3) is 4.94. The second-order valence-corrected chi connectivity index (χ2v) is 9.19. The smallest absolute Gasteiger partial charge is 0.261 e. The zero-order valence-corrected chi connectivity index (χ0v) is 18.0. The first-order chi connectivity index (χ1) is 13.7. The van der Waals surface area contributed by atoms with Crippen LogP contribution in [-0.4, -0.2) is 40.3 Å². The number of amides is 1. The van der Waals surface area contributed by atoms with Gasteiger partial charge in [0.05, 0.1) is 25.1 Å². The van der Waals surface area contributed by atoms with Gasteiger partial charge >= 0.3 is 0 Å². The van der Waals surface area contributed by atoms with E-state index in [1.165, 1.54) is 10.4 Å². The zero-order valence-electron chi connectivity index (χ0n) is 16.4. The summed E-state index contributed by atoms with van der Waals surface area (Å²) in [6.07, 6.45) is 0.493. The summed E-state index contributed by atoms with van der Waals surface area (Å²) < 4.78 is 36.7. The van der Waals surface area contributed by atoms with Crippen molar-refractivity contribution in [1.82, 2.24) is 5.32 Å². The Bertz CT molecular complexity index is 994. The molecule has 2 atom stereocenters. The van der Waals surface area contributed by atoms with E-state index in [9.17, 15) is 13.2 Å². The van der Waals surface area contributed by atoms with Gasteiger partial charge in [-0.1, -0.05) is 23.7 Å². The van der Waals surface area contributed by atoms with E-state index in [2.05, 4.69) is 5.32 Å². The number of benzene rings is 2. The van der Waals surface area contributed by atoms with Gasteiger partial charge in [-0.3, -0.25) is 9.10 Å². The Morgan fingerprint density at radius 3 is 2.59 bits per heavy atom. The number of sulfonamides is 1. The van der Waals surface area contributed by atoms with Crippen molar-refractivity contribution < 1.29 is 22.7 Å². The third-order valence-corrected chi connectivity index (χ3v) is 6.14. The summed E-state index contributed by atoms with van der Waals surface area (Å²) in [4.78, 5) is 12.8. The van der Waals surface area contributed by atoms with Crippen LogP contribution in [-0.2, 0) is 14.8 Å². The first kappa shape index (κ1) is 21.3. The molecule has 1 aliphatic heterocycles. The van der Waals surface area contributed by atoms with E-state index < -0.39 is 16.1 Å². The molecule has 0 aromatic heterocycles. The molecule has 7 nitrogen and oxygen atoms in total. The highest BCUT2D eigenvalue weighted by Gasteiger charge is 2.32. The van der Waals surface area contributed by atoms with Gasteiger partial charge in [0, 0.05) is 18.0 Å². The van der Waals surface area contributed by atoms with E-state index in [4.69, 9.17) is 21.1 Å². The molecular weight excluding hydrogens is 416 g/mol. The van der Waals surface area contributed by atoms with Crippen molar-refractivity contribution >= 4 is 33.2 Å². The molecule has 1 aliphatic rings. The lowest BCUT2D eigenvalue weighted by Gasteiger charge is -2.21. The molecule has 0 radical (unpaired) electrons. The van der Waals surface area contributed by atoms with E-state index in [1.807, 2.05) is 31.2 Å². The Kier molecular flexibility index (Phi) is 6.24. The minimum absolute atomic E-state index is 0.112. The fourth-order valence-corrected chi connectivity index (χ4v) is 4.27. The molecule has 0 aliphatic carbocycles. The van der Waals surface area contributed by atoms with E-state index in [0.29, 0.717) is 16.5 Å². The SMILES string of the molecule is COc1ccc(C(C)NC(=O)C2CCN(S(C)(=O)=O)c3cc(Cl)ccc3O2)cc1. The minimum Gasteiger partial charge on any atom is -0.497 e. The average molecular weight is 439 g/mol. The molecule has 0 saturated heterocycles. The number of carbonyl (C=O) groups excluding carboxylic acids is 1. The maximum absolute atomic E-state index is 12.8. The van der Waals surface area contributed by atoms with E-state index >= 15 is 0 Å². The standard InChI is InChI=1S/C20H23ClN2O5S/c1-13(14-4-7-16(27-2)8-5-14)22-20(24)19-10-11-23(29(3,25)26)17-12-15(21)6-9-18(17)28-19/h4-9,12-13,19H,10-11H2,1-3H3,(H,22,24). The maximum Gasteiger partial charge on any atom is 0.261 e. The normalized spacial score (nSPS) is 17.5. The Balaban J connectivity index is 1.79. The first-order valence-electron chi connectivity index (χ1n) is 9.07. The van der Waals surface area contributed by atoms with Crippen LogP contribution in [0.3, 0.4) is 0 Å². The van der Waals surface area contributed by atoms with Crippen LogP contribution in [0.15, 0.2) is 42.5 Å². The van der Waals surface area contributed by atoms with Crippen molar-refractivity contribution in [2.45, 2.75) is 25.5 Å². The molecule has 2 aromatic carbocycles. The van der Waals surface area contributed by atoms with Crippen LogP contribution in [0.1, 0.15) is 24.9 Å². The van der Waals surface area contributed by atoms with Gasteiger partial charge in [-0.15, -0.1) is 0 Å². The number of nitrogens with zero attached hydrogens (tertiary/aromatic N) is 1. The Hall–Kier alpha value is -2.45. The predicted molar refractivity (Wildman–Crippen MR) is 112 cm³/mol. The number of hydrogen-bond acceptors (Lipinski definition) is 5. The van der Waals surface area contributed by atoms with Gasteiger partial charge in [-0.25, -0.2) is 8.42 Å². The lowest BCUT2D eigenvalue weighted by molar-refractivity contribution is -0.128. The molecule has 0 bridgehead atoms. The fraction of sp³-hybridized carbons (Fsp3) is 0.350. The monoisotopic (exact) mass is 438 g/mol. The van der Waals surface area contributed by atoms with Gasteiger partial charge in [-0.2, -0.15) is 0 Å². The molecule has 9 heteroatoms. The average Bonchev–Trinajstić information content (AvgIpc) is 2.87. The van der Waals surface area contributed by atoms with Gasteiger partial charge < -0.3 is 14.8 Å². The molecule has 1 amide bonds. The molecule has 1 heterocycles. The summed E-state index contributed by atoms with van der Waals surface area (Å²) in [5, 5.41) is 3.31. The lowest BCUT2D eigenvalue weighted by atomic mass is 10.1. The molecule has 0 saturated carbocycles. The third-order valence-electron chi connectivity index (χ3n) is 4.72. The molecule has 2 aromatic rings. The summed E-state index contributed by atoms with van der Waals surface area (Å²) >= 11 is 6.04. The zero-order chi connectivity index (χ0) is 21.2. The highest BCUT2D eigenvalue weighted by Crippen LogP contribution is 2.36. The second-order valence-electron chi connectivity index (χ2n) is 6.85. The summed E-state index contributed by atoms with van der Waals surface area (Å²) in [7, 11) is -1.96. The number of ether oxygens (including phenoxy) is 2. The predicted octanol–water partition coefficient (Wildman–Crippen LogP) is 3.14. The summed E-state index contributed by atoms with van der Waals surface area (Å²) in [5.74, 6) is 0.717. The van der Waals surface area contributed by atoms with Gasteiger partial charge in [0.1, 0.15) is 11.5 Å². The molecule has 1 N–H and O–H groups in total. The summed E-state index contributed by atoms with van der Waals surface area (Å²) in [6.45, 7) is 1.98. The van der Waals surface area contributed by atoms with Crippen molar-refractivity contribution in [3.05, 3.63) is 53.1 Å². The molecule has 2 unspecified atom stereocenters. The number of nitrogens with one attached hydrogen (secondary N) is 1. The maximum atomic E-state index is 12.8. The quantitative estimate of drug-likeness (QED) is 0.775. The summed E-state index contributed by atoms with van der Waals surface area (Å²) in [6, 6.07) is 11.8. The van der Waals surface area contributed by atoms with Gasteiger partial charge in [0.25, 0.3) is 5.91 Å². The van der Waals surface area contributed by atoms with Crippen LogP contribution < -0.4 is 19.1 Å². The number of rotatable bonds is 5. The van der Waals surface area contributed by atoms with Crippen LogP contribution in [0.4, 0.5) is 5.69 Å². The Morgan fingerprint density at radius 2 is 1.97 bits per heavy atom. The Labute approximate surface area is 175 Å². The second kappa shape index (κ2) is 8.51. The highest BCUT2D eigenvalue weighted by molar-refractivity contribution is 7.92. The molecule has 29 heavy (non-hydrogen) atoms. The topological polar surface area (TPSA) is 84.9 Å². The van der Waals surface area contributed by atoms with Crippen LogP contribution in [0.2, 0.25) is 5.02 Å². The van der Waals surface area contributed by atoms with Crippen LogP contribution in [0.25, 0.3) is 0 Å². The molecule has 156 valence electrons. The highest BCUT2D eigenvalue weighted by atomic mass is 35.5. The molecular formula is C20H23ClN2O5S. The number of methoxy groups -OCH3 is 1. The van der Waals surface area contributed by atoms with Crippen molar-refractivity contribution in [2.24, 2.45) is 0 Å². The molecule has 3 rings (SSSR count). The van der Waals surface area contributed by atoms with Crippen LogP contribution in [0, 0.1) is 0 Å². The number of carbonyl (C=O) groups is 1. The van der Waals surface area contributed by atoms with Gasteiger partial charge in [-0.05, 0) is 42.8 Å². The fourth-order valence-electron chi connectivity index (χ4n) is 3.16. The number of hydrogen-bond donors (Lipinski definition) is 1. The number of fused-ring (bicyclic) bond motifs is 1. The van der Waals surface area contributed by atoms with Gasteiger partial charge in [0.15, 0.2) is 6.10 Å². The van der Waals surface area contributed by atoms with E-state index in [1.54, 1.807) is 19.2 Å². The van der Waals surface area contributed by atoms with E-state index in [-0.39, 0.29) is 24.9 Å². The lowest BCUT2D eigenvalue weighted by Crippen LogP contribution is -2.40. The van der Waals surface area contributed by atoms with Crippen molar-refractivity contribution in [3.63, 3.8) is 0 Å². The number of halogens is 1. The van der Waals surface area contributed by atoms with E-state index in [0.717, 1.165) is 17.6 Å². The van der Waals surface area contributed by atoms with Crippen molar-refractivity contribution in [3.8, 4) is 11.5 Å². The van der Waals surface area contributed by atoms with Crippen molar-refractivity contribution in [2.75, 3.05) is 24.2 Å². The number of anilines is 1. The molecule has 0 fully saturated rings. The molecule has 0 spiro atoms. The largest absolute Gasteiger partial charge is 0.497 e. The van der Waals surface area contributed by atoms with Crippen LogP contribution in [0.5, 0.6) is 11.5 Å². The summed E-state index contributed by atoms with van der Waals surface area (Å²) in [5.41, 5.74) is 1.25. The van der Waals surface area contributed by atoms with Gasteiger partial charge in [0.2, 0.25) is 10.0 Å².